The van der Waals surface area contributed by atoms with Gasteiger partial charge in [-0.1, -0.05) is 0 Å². The summed E-state index contributed by atoms with van der Waals surface area (Å²) in [5.41, 5.74) is 0.290. The van der Waals surface area contributed by atoms with Crippen molar-refractivity contribution in [3.63, 3.8) is 0 Å². The molecule has 0 aliphatic rings. The summed E-state index contributed by atoms with van der Waals surface area (Å²) in [6.07, 6.45) is 7.93. The van der Waals surface area contributed by atoms with Gasteiger partial charge in [0.05, 0.1) is 0 Å². The van der Waals surface area contributed by atoms with E-state index in [1.54, 1.807) is 12.1 Å². The van der Waals surface area contributed by atoms with Crippen molar-refractivity contribution in [3.8, 4) is 0 Å². The van der Waals surface area contributed by atoms with Gasteiger partial charge in [-0.15, -0.1) is 0 Å². The Hall–Kier alpha value is -1.24. The van der Waals surface area contributed by atoms with Crippen LogP contribution in [0.3, 0.4) is 0 Å². The molecular formula is C22H36O5Sn. The summed E-state index contributed by atoms with van der Waals surface area (Å²) in [7, 11) is 2.75. The maximum absolute atomic E-state index is 13.1. The van der Waals surface area contributed by atoms with Crippen LogP contribution in [0.4, 0.5) is 0 Å². The van der Waals surface area contributed by atoms with Crippen LogP contribution in [0.15, 0.2) is 26.4 Å². The second kappa shape index (κ2) is 13.1. The molecule has 6 heteroatoms. The van der Waals surface area contributed by atoms with Crippen molar-refractivity contribution < 1.29 is 23.5 Å². The molecule has 158 valence electrons. The summed E-state index contributed by atoms with van der Waals surface area (Å²) in [6, 6.07) is 3.46. The summed E-state index contributed by atoms with van der Waals surface area (Å²) >= 11 is -3.29. The van der Waals surface area contributed by atoms with Gasteiger partial charge in [-0.25, -0.2) is 0 Å². The van der Waals surface area contributed by atoms with Crippen molar-refractivity contribution in [2.45, 2.75) is 72.6 Å². The number of hydrogen-bond donors (Lipinski definition) is 0. The topological polar surface area (TPSA) is 65.7 Å². The number of methoxy groups -OCH3 is 2. The van der Waals surface area contributed by atoms with Gasteiger partial charge in [-0.05, 0) is 0 Å². The predicted molar refractivity (Wildman–Crippen MR) is 115 cm³/mol. The van der Waals surface area contributed by atoms with Crippen LogP contribution in [0.5, 0.6) is 0 Å². The Balaban J connectivity index is 3.78. The molecule has 0 unspecified atom stereocenters. The zero-order chi connectivity index (χ0) is 21.0. The van der Waals surface area contributed by atoms with Crippen molar-refractivity contribution in [1.29, 1.82) is 0 Å². The van der Waals surface area contributed by atoms with Gasteiger partial charge in [0.25, 0.3) is 0 Å². The first-order valence-electron chi connectivity index (χ1n) is 10.5. The van der Waals surface area contributed by atoms with Gasteiger partial charge >= 0.3 is 174 Å². The summed E-state index contributed by atoms with van der Waals surface area (Å²) in [6.45, 7) is 6.52. The normalized spacial score (nSPS) is 12.5. The summed E-state index contributed by atoms with van der Waals surface area (Å²) < 4.78 is 19.6. The Morgan fingerprint density at radius 3 is 1.75 bits per heavy atom. The third-order valence-corrected chi connectivity index (χ3v) is 20.9. The molecule has 1 rings (SSSR count). The van der Waals surface area contributed by atoms with Crippen molar-refractivity contribution in [2.75, 3.05) is 14.2 Å². The fraction of sp³-hybridized carbons (Fsp3) is 0.636. The zero-order valence-electron chi connectivity index (χ0n) is 18.1. The summed E-state index contributed by atoms with van der Waals surface area (Å²) in [4.78, 5) is 26.0. The van der Waals surface area contributed by atoms with E-state index in [0.717, 1.165) is 51.8 Å². The molecule has 0 fully saturated rings. The third-order valence-electron chi connectivity index (χ3n) is 5.35. The van der Waals surface area contributed by atoms with E-state index in [0.29, 0.717) is 14.9 Å². The first-order chi connectivity index (χ1) is 13.5. The second-order valence-corrected chi connectivity index (χ2v) is 20.3. The molecule has 0 atom stereocenters. The summed E-state index contributed by atoms with van der Waals surface area (Å²) in [5.74, 6) is -0.491. The number of ether oxygens (including phenoxy) is 2. The minimum atomic E-state index is -3.29. The van der Waals surface area contributed by atoms with Crippen LogP contribution in [-0.2, 0) is 19.1 Å². The molecule has 0 spiro atoms. The number of rotatable bonds is 13. The van der Waals surface area contributed by atoms with Crippen molar-refractivity contribution in [2.24, 2.45) is 0 Å². The van der Waals surface area contributed by atoms with E-state index in [9.17, 15) is 9.59 Å². The fourth-order valence-corrected chi connectivity index (χ4v) is 20.6. The molecule has 0 bridgehead atoms. The average Bonchev–Trinajstić information content (AvgIpc) is 3.25. The van der Waals surface area contributed by atoms with E-state index in [2.05, 4.69) is 20.8 Å². The van der Waals surface area contributed by atoms with Crippen LogP contribution >= 0.6 is 0 Å². The molecule has 0 saturated carbocycles. The van der Waals surface area contributed by atoms with E-state index < -0.39 is 24.3 Å². The molecule has 0 amide bonds. The Kier molecular flexibility index (Phi) is 11.6. The predicted octanol–water partition coefficient (Wildman–Crippen LogP) is 5.77. The molecule has 0 saturated heterocycles. The first-order valence-corrected chi connectivity index (χ1v) is 17.9. The maximum atomic E-state index is 13.1. The van der Waals surface area contributed by atoms with Gasteiger partial charge in [0.1, 0.15) is 0 Å². The number of carbonyl (C=O) groups is 2. The van der Waals surface area contributed by atoms with E-state index in [-0.39, 0.29) is 5.97 Å². The van der Waals surface area contributed by atoms with Crippen LogP contribution in [-0.4, -0.2) is 44.5 Å². The first kappa shape index (κ1) is 24.8. The summed E-state index contributed by atoms with van der Waals surface area (Å²) in [5, 5.41) is 0. The number of carbonyl (C=O) groups excluding carboxylic acids is 2. The van der Waals surface area contributed by atoms with Crippen molar-refractivity contribution in [3.05, 3.63) is 27.7 Å². The molecule has 1 aromatic heterocycles. The fourth-order valence-electron chi connectivity index (χ4n) is 3.83. The van der Waals surface area contributed by atoms with Gasteiger partial charge in [-0.2, -0.15) is 0 Å². The average molecular weight is 499 g/mol. The Bertz CT molecular complexity index is 612. The molecule has 1 aromatic rings. The standard InChI is InChI=1S/C10H9O5.3C4H9.Sn/c1-13-9(11)6-7(10(12)14-2)8-4-3-5-15-8;3*1-3-4-2;/h3-5H,1-2H3;3*1,3-4H2,2H3;. The third kappa shape index (κ3) is 6.39. The monoisotopic (exact) mass is 500 g/mol. The van der Waals surface area contributed by atoms with E-state index in [4.69, 9.17) is 13.9 Å². The van der Waals surface area contributed by atoms with Crippen LogP contribution < -0.4 is 0 Å². The molecule has 0 aromatic carbocycles. The van der Waals surface area contributed by atoms with Crippen LogP contribution in [0.1, 0.15) is 65.1 Å². The second-order valence-electron chi connectivity index (χ2n) is 7.30. The molecule has 0 radical (unpaired) electrons. The van der Waals surface area contributed by atoms with Crippen molar-refractivity contribution >= 4 is 35.9 Å². The number of hydrogen-bond acceptors (Lipinski definition) is 5. The molecule has 1 heterocycles. The number of unbranched alkanes of at least 4 members (excludes halogenated alkanes) is 3. The SMILES string of the molecule is CCC[CH2][Sn]([CH2]CCC)([CH2]CCC)/[C](C(=O)OC)=C(/C(=O)OC)c1ccco1. The Morgan fingerprint density at radius 1 is 0.893 bits per heavy atom. The van der Waals surface area contributed by atoms with Crippen molar-refractivity contribution in [1.82, 2.24) is 0 Å². The molecule has 5 nitrogen and oxygen atoms in total. The molecule has 28 heavy (non-hydrogen) atoms. The van der Waals surface area contributed by atoms with Gasteiger partial charge in [0.15, 0.2) is 0 Å². The van der Waals surface area contributed by atoms with E-state index >= 15 is 0 Å². The van der Waals surface area contributed by atoms with Crippen LogP contribution in [0.25, 0.3) is 5.57 Å². The van der Waals surface area contributed by atoms with Crippen LogP contribution in [0, 0.1) is 0 Å². The zero-order valence-corrected chi connectivity index (χ0v) is 21.0. The Morgan fingerprint density at radius 2 is 1.39 bits per heavy atom. The van der Waals surface area contributed by atoms with Gasteiger partial charge in [0.2, 0.25) is 0 Å². The molecular weight excluding hydrogens is 463 g/mol. The molecule has 0 aliphatic carbocycles. The van der Waals surface area contributed by atoms with E-state index in [1.807, 2.05) is 0 Å². The van der Waals surface area contributed by atoms with Gasteiger partial charge in [-0.3, -0.25) is 0 Å². The minimum absolute atomic E-state index is 0.290. The number of esters is 2. The Labute approximate surface area is 173 Å². The van der Waals surface area contributed by atoms with Gasteiger partial charge in [0, 0.05) is 0 Å². The van der Waals surface area contributed by atoms with Gasteiger partial charge < -0.3 is 0 Å². The number of furan rings is 1. The van der Waals surface area contributed by atoms with Crippen LogP contribution in [0.2, 0.25) is 13.3 Å². The van der Waals surface area contributed by atoms with E-state index in [1.165, 1.54) is 20.5 Å². The molecule has 0 N–H and O–H groups in total. The quantitative estimate of drug-likeness (QED) is 0.196. The molecule has 0 aliphatic heterocycles.